The normalized spacial score (nSPS) is 10.4. The lowest BCUT2D eigenvalue weighted by Gasteiger charge is -2.17. The minimum atomic E-state index is 0.163. The highest BCUT2D eigenvalue weighted by Crippen LogP contribution is 2.13. The van der Waals surface area contributed by atoms with Gasteiger partial charge in [-0.2, -0.15) is 0 Å². The maximum absolute atomic E-state index is 12.0. The summed E-state index contributed by atoms with van der Waals surface area (Å²) in [5, 5.41) is 2.04. The molecule has 0 N–H and O–H groups in total. The number of thiophene rings is 1. The summed E-state index contributed by atoms with van der Waals surface area (Å²) in [6.45, 7) is 3.16. The van der Waals surface area contributed by atoms with E-state index in [4.69, 9.17) is 4.74 Å². The van der Waals surface area contributed by atoms with Crippen LogP contribution in [0.2, 0.25) is 0 Å². The lowest BCUT2D eigenvalue weighted by Crippen LogP contribution is -2.30. The van der Waals surface area contributed by atoms with Crippen LogP contribution in [0, 0.1) is 6.92 Å². The van der Waals surface area contributed by atoms with Gasteiger partial charge in [0, 0.05) is 18.3 Å². The fourth-order valence-electron chi connectivity index (χ4n) is 2.01. The average molecular weight is 303 g/mol. The zero-order valence-electron chi connectivity index (χ0n) is 12.5. The Balaban J connectivity index is 1.68. The Kier molecular flexibility index (Phi) is 5.81. The van der Waals surface area contributed by atoms with Crippen LogP contribution < -0.4 is 4.74 Å². The number of rotatable bonds is 7. The fourth-order valence-corrected chi connectivity index (χ4v) is 2.72. The number of aryl methyl sites for hydroxylation is 2. The molecule has 0 fully saturated rings. The van der Waals surface area contributed by atoms with Crippen molar-refractivity contribution in [2.24, 2.45) is 0 Å². The van der Waals surface area contributed by atoms with Crippen LogP contribution >= 0.6 is 11.3 Å². The van der Waals surface area contributed by atoms with Crippen molar-refractivity contribution in [1.29, 1.82) is 0 Å². The molecule has 0 bridgehead atoms. The van der Waals surface area contributed by atoms with Gasteiger partial charge in [0.1, 0.15) is 12.4 Å². The predicted octanol–water partition coefficient (Wildman–Crippen LogP) is 3.53. The van der Waals surface area contributed by atoms with Crippen LogP contribution in [0.1, 0.15) is 16.9 Å². The molecule has 0 aliphatic carbocycles. The number of benzene rings is 1. The second-order valence-corrected chi connectivity index (χ2v) is 6.09. The number of hydrogen-bond donors (Lipinski definition) is 0. The lowest BCUT2D eigenvalue weighted by molar-refractivity contribution is -0.130. The zero-order valence-corrected chi connectivity index (χ0v) is 13.4. The van der Waals surface area contributed by atoms with E-state index in [0.717, 1.165) is 12.2 Å². The highest BCUT2D eigenvalue weighted by atomic mass is 32.1. The van der Waals surface area contributed by atoms with Gasteiger partial charge >= 0.3 is 0 Å². The molecule has 0 saturated carbocycles. The molecular weight excluding hydrogens is 282 g/mol. The number of carbonyl (C=O) groups is 1. The number of amides is 1. The molecule has 1 heterocycles. The van der Waals surface area contributed by atoms with Crippen LogP contribution in [0.3, 0.4) is 0 Å². The molecule has 1 aromatic heterocycles. The van der Waals surface area contributed by atoms with Gasteiger partial charge in [0.05, 0.1) is 6.54 Å². The monoisotopic (exact) mass is 303 g/mol. The zero-order chi connectivity index (χ0) is 15.1. The van der Waals surface area contributed by atoms with E-state index in [2.05, 4.69) is 6.07 Å². The summed E-state index contributed by atoms with van der Waals surface area (Å²) in [4.78, 5) is 15.0. The maximum atomic E-state index is 12.0. The highest BCUT2D eigenvalue weighted by molar-refractivity contribution is 7.09. The molecule has 112 valence electrons. The van der Waals surface area contributed by atoms with Crippen molar-refractivity contribution in [1.82, 2.24) is 4.90 Å². The molecule has 4 heteroatoms. The lowest BCUT2D eigenvalue weighted by atomic mass is 10.2. The van der Waals surface area contributed by atoms with Crippen molar-refractivity contribution in [2.45, 2.75) is 19.8 Å². The van der Waals surface area contributed by atoms with Gasteiger partial charge in [0.25, 0.3) is 0 Å². The van der Waals surface area contributed by atoms with Crippen LogP contribution in [0.25, 0.3) is 0 Å². The smallest absolute Gasteiger partial charge is 0.222 e. The van der Waals surface area contributed by atoms with Crippen LogP contribution in [0.5, 0.6) is 5.75 Å². The first kappa shape index (κ1) is 15.6. The number of nitrogens with zero attached hydrogens (tertiary/aromatic N) is 1. The van der Waals surface area contributed by atoms with Gasteiger partial charge in [-0.1, -0.05) is 18.2 Å². The largest absolute Gasteiger partial charge is 0.492 e. The van der Waals surface area contributed by atoms with Crippen molar-refractivity contribution in [3.05, 3.63) is 52.2 Å². The first-order chi connectivity index (χ1) is 10.1. The number of likely N-dealkylation sites (N-methyl/N-ethyl adjacent to an activating group) is 1. The SMILES string of the molecule is Cc1cccc(OCCN(C)C(=O)CCc2cccs2)c1. The standard InChI is InChI=1S/C17H21NO2S/c1-14-5-3-6-15(13-14)20-11-10-18(2)17(19)9-8-16-7-4-12-21-16/h3-7,12-13H,8-11H2,1-2H3. The Morgan fingerprint density at radius 3 is 2.86 bits per heavy atom. The first-order valence-corrected chi connectivity index (χ1v) is 7.99. The molecule has 1 aromatic carbocycles. The molecule has 0 aliphatic rings. The van der Waals surface area contributed by atoms with Crippen LogP contribution in [-0.2, 0) is 11.2 Å². The molecule has 1 amide bonds. The van der Waals surface area contributed by atoms with Crippen molar-refractivity contribution in [3.63, 3.8) is 0 Å². The van der Waals surface area contributed by atoms with Crippen molar-refractivity contribution in [2.75, 3.05) is 20.2 Å². The van der Waals surface area contributed by atoms with Crippen LogP contribution in [0.4, 0.5) is 0 Å². The van der Waals surface area contributed by atoms with E-state index in [1.54, 1.807) is 16.2 Å². The van der Waals surface area contributed by atoms with Gasteiger partial charge in [-0.05, 0) is 42.5 Å². The summed E-state index contributed by atoms with van der Waals surface area (Å²) in [6, 6.07) is 12.0. The van der Waals surface area contributed by atoms with Crippen molar-refractivity contribution >= 4 is 17.2 Å². The van der Waals surface area contributed by atoms with Crippen LogP contribution in [0.15, 0.2) is 41.8 Å². The molecule has 0 atom stereocenters. The third kappa shape index (κ3) is 5.23. The summed E-state index contributed by atoms with van der Waals surface area (Å²) in [7, 11) is 1.83. The fraction of sp³-hybridized carbons (Fsp3) is 0.353. The second kappa shape index (κ2) is 7.84. The third-order valence-electron chi connectivity index (χ3n) is 3.28. The predicted molar refractivity (Wildman–Crippen MR) is 87.0 cm³/mol. The number of carbonyl (C=O) groups excluding carboxylic acids is 1. The summed E-state index contributed by atoms with van der Waals surface area (Å²) in [5.41, 5.74) is 1.17. The molecule has 21 heavy (non-hydrogen) atoms. The third-order valence-corrected chi connectivity index (χ3v) is 4.21. The van der Waals surface area contributed by atoms with E-state index < -0.39 is 0 Å². The Hall–Kier alpha value is -1.81. The maximum Gasteiger partial charge on any atom is 0.222 e. The molecule has 2 rings (SSSR count). The van der Waals surface area contributed by atoms with Crippen LogP contribution in [-0.4, -0.2) is 31.0 Å². The Labute approximate surface area is 130 Å². The molecule has 0 unspecified atom stereocenters. The minimum absolute atomic E-state index is 0.163. The van der Waals surface area contributed by atoms with E-state index in [-0.39, 0.29) is 5.91 Å². The second-order valence-electron chi connectivity index (χ2n) is 5.06. The summed E-state index contributed by atoms with van der Waals surface area (Å²) in [6.07, 6.45) is 1.38. The van der Waals surface area contributed by atoms with Gasteiger partial charge in [-0.15, -0.1) is 11.3 Å². The number of hydrogen-bond acceptors (Lipinski definition) is 3. The van der Waals surface area contributed by atoms with Gasteiger partial charge < -0.3 is 9.64 Å². The quantitative estimate of drug-likeness (QED) is 0.783. The van der Waals surface area contributed by atoms with Crippen molar-refractivity contribution < 1.29 is 9.53 Å². The molecule has 0 saturated heterocycles. The summed E-state index contributed by atoms with van der Waals surface area (Å²) < 4.78 is 5.67. The van der Waals surface area contributed by atoms with Crippen molar-refractivity contribution in [3.8, 4) is 5.75 Å². The van der Waals surface area contributed by atoms with E-state index in [0.29, 0.717) is 19.6 Å². The van der Waals surface area contributed by atoms with E-state index in [1.165, 1.54) is 10.4 Å². The molecular formula is C17H21NO2S. The average Bonchev–Trinajstić information content (AvgIpc) is 2.98. The first-order valence-electron chi connectivity index (χ1n) is 7.11. The topological polar surface area (TPSA) is 29.5 Å². The minimum Gasteiger partial charge on any atom is -0.492 e. The Bertz CT molecular complexity index is 566. The van der Waals surface area contributed by atoms with Gasteiger partial charge in [-0.25, -0.2) is 0 Å². The molecule has 0 radical (unpaired) electrons. The highest BCUT2D eigenvalue weighted by Gasteiger charge is 2.09. The van der Waals surface area contributed by atoms with Gasteiger partial charge in [0.15, 0.2) is 0 Å². The van der Waals surface area contributed by atoms with Gasteiger partial charge in [-0.3, -0.25) is 4.79 Å². The van der Waals surface area contributed by atoms with Gasteiger partial charge in [0.2, 0.25) is 5.91 Å². The molecule has 3 nitrogen and oxygen atoms in total. The van der Waals surface area contributed by atoms with E-state index in [9.17, 15) is 4.79 Å². The molecule has 2 aromatic rings. The Morgan fingerprint density at radius 2 is 2.14 bits per heavy atom. The Morgan fingerprint density at radius 1 is 1.29 bits per heavy atom. The molecule has 0 aliphatic heterocycles. The summed E-state index contributed by atoms with van der Waals surface area (Å²) >= 11 is 1.70. The molecule has 0 spiro atoms. The number of ether oxygens (including phenoxy) is 1. The van der Waals surface area contributed by atoms with E-state index >= 15 is 0 Å². The van der Waals surface area contributed by atoms with E-state index in [1.807, 2.05) is 49.7 Å². The summed E-state index contributed by atoms with van der Waals surface area (Å²) in [5.74, 6) is 1.02.